The Morgan fingerprint density at radius 2 is 2.08 bits per heavy atom. The number of benzene rings is 1. The molecule has 1 heterocycles. The van der Waals surface area contributed by atoms with Gasteiger partial charge in [-0.05, 0) is 36.4 Å². The van der Waals surface area contributed by atoms with Gasteiger partial charge in [0.25, 0.3) is 5.91 Å². The van der Waals surface area contributed by atoms with E-state index in [1.165, 1.54) is 20.2 Å². The van der Waals surface area contributed by atoms with Crippen molar-refractivity contribution in [2.45, 2.75) is 6.61 Å². The molecule has 1 amide bonds. The first-order valence-corrected chi connectivity index (χ1v) is 7.34. The number of hydrogen-bond acceptors (Lipinski definition) is 5. The van der Waals surface area contributed by atoms with E-state index in [0.29, 0.717) is 18.1 Å². The number of methoxy groups -OCH3 is 1. The van der Waals surface area contributed by atoms with Gasteiger partial charge < -0.3 is 9.47 Å². The van der Waals surface area contributed by atoms with Crippen molar-refractivity contribution in [1.82, 2.24) is 10.0 Å². The van der Waals surface area contributed by atoms with Gasteiger partial charge in [0.1, 0.15) is 18.1 Å². The van der Waals surface area contributed by atoms with Crippen molar-refractivity contribution in [2.75, 3.05) is 21.3 Å². The summed E-state index contributed by atoms with van der Waals surface area (Å²) >= 11 is 0. The molecule has 0 aliphatic heterocycles. The predicted octanol–water partition coefficient (Wildman–Crippen LogP) is 2.70. The van der Waals surface area contributed by atoms with Crippen molar-refractivity contribution in [3.8, 4) is 11.5 Å². The molecule has 2 rings (SSSR count). The summed E-state index contributed by atoms with van der Waals surface area (Å²) in [6, 6.07) is 11.0. The maximum atomic E-state index is 11.8. The van der Waals surface area contributed by atoms with Gasteiger partial charge in [-0.25, -0.2) is 5.06 Å². The largest absolute Gasteiger partial charge is 0.497 e. The number of pyridine rings is 1. The fourth-order valence-electron chi connectivity index (χ4n) is 1.91. The van der Waals surface area contributed by atoms with Crippen LogP contribution in [-0.4, -0.2) is 37.2 Å². The second kappa shape index (κ2) is 8.69. The molecule has 0 fully saturated rings. The number of hydroxylamine groups is 2. The standard InChI is InChI=1S/C18H20N2O4/c1-20(23-3)18(21)10-7-14-12-16(22-2)8-9-17(14)24-13-15-6-4-5-11-19-15/h4-12H,13H2,1-3H3/b10-7+. The average molecular weight is 328 g/mol. The molecule has 2 aromatic rings. The van der Waals surface area contributed by atoms with Crippen LogP contribution in [0.1, 0.15) is 11.3 Å². The van der Waals surface area contributed by atoms with Crippen LogP contribution in [0.4, 0.5) is 0 Å². The summed E-state index contributed by atoms with van der Waals surface area (Å²) in [6.07, 6.45) is 4.78. The molecule has 24 heavy (non-hydrogen) atoms. The average Bonchev–Trinajstić information content (AvgIpc) is 2.64. The monoisotopic (exact) mass is 328 g/mol. The van der Waals surface area contributed by atoms with E-state index in [4.69, 9.17) is 14.3 Å². The van der Waals surface area contributed by atoms with E-state index in [1.807, 2.05) is 18.2 Å². The molecule has 0 saturated carbocycles. The SMILES string of the molecule is COc1ccc(OCc2ccccn2)c(/C=C/C(=O)N(C)OC)c1. The number of rotatable bonds is 7. The van der Waals surface area contributed by atoms with Crippen molar-refractivity contribution >= 4 is 12.0 Å². The van der Waals surface area contributed by atoms with Gasteiger partial charge in [-0.1, -0.05) is 6.07 Å². The normalized spacial score (nSPS) is 10.6. The lowest BCUT2D eigenvalue weighted by Gasteiger charge is -2.12. The Morgan fingerprint density at radius 1 is 1.25 bits per heavy atom. The molecule has 126 valence electrons. The van der Waals surface area contributed by atoms with Gasteiger partial charge in [-0.15, -0.1) is 0 Å². The van der Waals surface area contributed by atoms with Crippen molar-refractivity contribution < 1.29 is 19.1 Å². The van der Waals surface area contributed by atoms with Crippen LogP contribution in [0.2, 0.25) is 0 Å². The third-order valence-electron chi connectivity index (χ3n) is 3.31. The summed E-state index contributed by atoms with van der Waals surface area (Å²) in [5.74, 6) is 1.02. The maximum absolute atomic E-state index is 11.8. The Hall–Kier alpha value is -2.86. The van der Waals surface area contributed by atoms with Crippen LogP contribution in [0, 0.1) is 0 Å². The van der Waals surface area contributed by atoms with Crippen LogP contribution in [-0.2, 0) is 16.2 Å². The minimum Gasteiger partial charge on any atom is -0.497 e. The summed E-state index contributed by atoms with van der Waals surface area (Å²) < 4.78 is 11.0. The molecule has 6 heteroatoms. The second-order valence-corrected chi connectivity index (χ2v) is 4.87. The molecule has 6 nitrogen and oxygen atoms in total. The van der Waals surface area contributed by atoms with Gasteiger partial charge in [-0.2, -0.15) is 0 Å². The first-order chi connectivity index (χ1) is 11.6. The highest BCUT2D eigenvalue weighted by Gasteiger charge is 2.07. The van der Waals surface area contributed by atoms with E-state index < -0.39 is 0 Å². The third kappa shape index (κ3) is 4.82. The van der Waals surface area contributed by atoms with E-state index in [9.17, 15) is 4.79 Å². The first kappa shape index (κ1) is 17.5. The number of nitrogens with zero attached hydrogens (tertiary/aromatic N) is 2. The zero-order valence-corrected chi connectivity index (χ0v) is 13.9. The fraction of sp³-hybridized carbons (Fsp3) is 0.222. The van der Waals surface area contributed by atoms with Gasteiger partial charge >= 0.3 is 0 Å². The van der Waals surface area contributed by atoms with Crippen molar-refractivity contribution in [2.24, 2.45) is 0 Å². The number of amides is 1. The molecule has 0 bridgehead atoms. The Morgan fingerprint density at radius 3 is 2.75 bits per heavy atom. The molecular formula is C18H20N2O4. The van der Waals surface area contributed by atoms with Crippen LogP contribution in [0.25, 0.3) is 6.08 Å². The van der Waals surface area contributed by atoms with E-state index in [0.717, 1.165) is 16.3 Å². The summed E-state index contributed by atoms with van der Waals surface area (Å²) in [6.45, 7) is 0.333. The topological polar surface area (TPSA) is 60.9 Å². The molecular weight excluding hydrogens is 308 g/mol. The molecule has 0 aliphatic rings. The molecule has 0 spiro atoms. The van der Waals surface area contributed by atoms with Crippen LogP contribution in [0.5, 0.6) is 11.5 Å². The number of ether oxygens (including phenoxy) is 2. The molecule has 1 aromatic heterocycles. The smallest absolute Gasteiger partial charge is 0.269 e. The van der Waals surface area contributed by atoms with Gasteiger partial charge in [0, 0.05) is 24.9 Å². The summed E-state index contributed by atoms with van der Waals surface area (Å²) in [4.78, 5) is 20.9. The molecule has 1 aromatic carbocycles. The Labute approximate surface area is 141 Å². The lowest BCUT2D eigenvalue weighted by molar-refractivity contribution is -0.162. The Bertz CT molecular complexity index is 701. The summed E-state index contributed by atoms with van der Waals surface area (Å²) in [5, 5.41) is 1.13. The zero-order chi connectivity index (χ0) is 17.4. The van der Waals surface area contributed by atoms with Crippen LogP contribution in [0.3, 0.4) is 0 Å². The Balaban J connectivity index is 2.18. The lowest BCUT2D eigenvalue weighted by atomic mass is 10.1. The number of aromatic nitrogens is 1. The van der Waals surface area contributed by atoms with Crippen molar-refractivity contribution in [1.29, 1.82) is 0 Å². The van der Waals surface area contributed by atoms with Crippen LogP contribution < -0.4 is 9.47 Å². The van der Waals surface area contributed by atoms with Gasteiger partial charge in [-0.3, -0.25) is 14.6 Å². The molecule has 0 saturated heterocycles. The van der Waals surface area contributed by atoms with E-state index >= 15 is 0 Å². The summed E-state index contributed by atoms with van der Waals surface area (Å²) in [7, 11) is 4.55. The van der Waals surface area contributed by atoms with Crippen molar-refractivity contribution in [3.05, 3.63) is 59.9 Å². The minimum absolute atomic E-state index is 0.281. The minimum atomic E-state index is -0.281. The van der Waals surface area contributed by atoms with E-state index in [1.54, 1.807) is 37.6 Å². The van der Waals surface area contributed by atoms with Crippen LogP contribution in [0.15, 0.2) is 48.7 Å². The first-order valence-electron chi connectivity index (χ1n) is 7.34. The quantitative estimate of drug-likeness (QED) is 0.578. The van der Waals surface area contributed by atoms with Gasteiger partial charge in [0.2, 0.25) is 0 Å². The summed E-state index contributed by atoms with van der Waals surface area (Å²) in [5.41, 5.74) is 1.54. The molecule has 0 unspecified atom stereocenters. The van der Waals surface area contributed by atoms with Crippen LogP contribution >= 0.6 is 0 Å². The predicted molar refractivity (Wildman–Crippen MR) is 90.4 cm³/mol. The fourth-order valence-corrected chi connectivity index (χ4v) is 1.91. The Kier molecular flexibility index (Phi) is 6.33. The molecule has 0 radical (unpaired) electrons. The number of hydrogen-bond donors (Lipinski definition) is 0. The number of carbonyl (C=O) groups is 1. The van der Waals surface area contributed by atoms with Crippen molar-refractivity contribution in [3.63, 3.8) is 0 Å². The van der Waals surface area contributed by atoms with E-state index in [-0.39, 0.29) is 5.91 Å². The van der Waals surface area contributed by atoms with E-state index in [2.05, 4.69) is 4.98 Å². The number of carbonyl (C=O) groups excluding carboxylic acids is 1. The third-order valence-corrected chi connectivity index (χ3v) is 3.31. The zero-order valence-electron chi connectivity index (χ0n) is 13.9. The molecule has 0 atom stereocenters. The number of likely N-dealkylation sites (N-methyl/N-ethyl adjacent to an activating group) is 1. The highest BCUT2D eigenvalue weighted by molar-refractivity contribution is 5.91. The van der Waals surface area contributed by atoms with Gasteiger partial charge in [0.05, 0.1) is 19.9 Å². The maximum Gasteiger partial charge on any atom is 0.269 e. The molecule has 0 aliphatic carbocycles. The highest BCUT2D eigenvalue weighted by Crippen LogP contribution is 2.26. The second-order valence-electron chi connectivity index (χ2n) is 4.87. The highest BCUT2D eigenvalue weighted by atomic mass is 16.7. The van der Waals surface area contributed by atoms with Gasteiger partial charge in [0.15, 0.2) is 0 Å². The lowest BCUT2D eigenvalue weighted by Crippen LogP contribution is -2.22. The molecule has 0 N–H and O–H groups in total.